The van der Waals surface area contributed by atoms with Gasteiger partial charge in [-0.05, 0) is 39.7 Å². The van der Waals surface area contributed by atoms with Crippen molar-refractivity contribution in [3.05, 3.63) is 16.0 Å². The number of thiophene rings is 1. The lowest BCUT2D eigenvalue weighted by molar-refractivity contribution is -0.135. The van der Waals surface area contributed by atoms with E-state index in [0.29, 0.717) is 29.8 Å². The van der Waals surface area contributed by atoms with Gasteiger partial charge >= 0.3 is 0 Å². The summed E-state index contributed by atoms with van der Waals surface area (Å²) in [5.74, 6) is -1.04. The molecule has 25 heavy (non-hydrogen) atoms. The Hall–Kier alpha value is -1.93. The van der Waals surface area contributed by atoms with Gasteiger partial charge in [0.25, 0.3) is 5.91 Å². The first-order chi connectivity index (χ1) is 11.5. The van der Waals surface area contributed by atoms with Crippen LogP contribution in [0.3, 0.4) is 0 Å². The largest absolute Gasteiger partial charge is 0.365 e. The van der Waals surface area contributed by atoms with E-state index in [9.17, 15) is 14.4 Å². The number of nitrogens with two attached hydrogens (primary N) is 1. The van der Waals surface area contributed by atoms with Crippen LogP contribution in [0.1, 0.15) is 61.3 Å². The van der Waals surface area contributed by atoms with Crippen molar-refractivity contribution in [1.82, 2.24) is 5.32 Å². The van der Waals surface area contributed by atoms with E-state index in [4.69, 9.17) is 10.5 Å². The third-order valence-corrected chi connectivity index (χ3v) is 5.94. The molecule has 136 valence electrons. The molecule has 1 fully saturated rings. The molecule has 0 radical (unpaired) electrons. The highest BCUT2D eigenvalue weighted by Crippen LogP contribution is 2.48. The first-order valence-electron chi connectivity index (χ1n) is 8.26. The SMILES string of the molecule is CC1(C)Cc2c(sc(NC(=O)C3CCC(=O)N3)c2C(N)=O)C(C)(C)O1. The topological polar surface area (TPSA) is 111 Å². The molecule has 4 N–H and O–H groups in total. The third kappa shape index (κ3) is 3.28. The van der Waals surface area contributed by atoms with E-state index >= 15 is 0 Å². The summed E-state index contributed by atoms with van der Waals surface area (Å²) in [5.41, 5.74) is 5.78. The minimum Gasteiger partial charge on any atom is -0.365 e. The second-order valence-corrected chi connectivity index (χ2v) is 8.70. The zero-order chi connectivity index (χ0) is 18.6. The number of nitrogens with one attached hydrogen (secondary N) is 2. The Balaban J connectivity index is 1.98. The minimum atomic E-state index is -0.587. The van der Waals surface area contributed by atoms with Crippen molar-refractivity contribution >= 4 is 34.1 Å². The van der Waals surface area contributed by atoms with Crippen molar-refractivity contribution in [1.29, 1.82) is 0 Å². The van der Waals surface area contributed by atoms with Gasteiger partial charge in [-0.15, -0.1) is 11.3 Å². The Morgan fingerprint density at radius 3 is 2.56 bits per heavy atom. The number of carbonyl (C=O) groups excluding carboxylic acids is 3. The fourth-order valence-corrected chi connectivity index (χ4v) is 4.94. The van der Waals surface area contributed by atoms with Gasteiger partial charge in [0.1, 0.15) is 11.0 Å². The van der Waals surface area contributed by atoms with Crippen LogP contribution >= 0.6 is 11.3 Å². The number of hydrogen-bond donors (Lipinski definition) is 3. The molecule has 7 nitrogen and oxygen atoms in total. The zero-order valence-corrected chi connectivity index (χ0v) is 15.6. The van der Waals surface area contributed by atoms with Crippen LogP contribution in [0, 0.1) is 0 Å². The Kier molecular flexibility index (Phi) is 4.15. The van der Waals surface area contributed by atoms with Crippen LogP contribution < -0.4 is 16.4 Å². The number of ether oxygens (including phenoxy) is 1. The lowest BCUT2D eigenvalue weighted by Gasteiger charge is -2.41. The van der Waals surface area contributed by atoms with E-state index < -0.39 is 23.2 Å². The summed E-state index contributed by atoms with van der Waals surface area (Å²) in [6.45, 7) is 7.81. The molecule has 2 aliphatic rings. The molecule has 3 heterocycles. The van der Waals surface area contributed by atoms with Crippen molar-refractivity contribution in [3.8, 4) is 0 Å². The van der Waals surface area contributed by atoms with Crippen LogP contribution in [0.5, 0.6) is 0 Å². The molecule has 1 saturated heterocycles. The Morgan fingerprint density at radius 2 is 2.00 bits per heavy atom. The Labute approximate surface area is 150 Å². The van der Waals surface area contributed by atoms with E-state index in [1.165, 1.54) is 11.3 Å². The summed E-state index contributed by atoms with van der Waals surface area (Å²) in [6.07, 6.45) is 1.32. The van der Waals surface area contributed by atoms with Gasteiger partial charge in [-0.2, -0.15) is 0 Å². The van der Waals surface area contributed by atoms with Crippen LogP contribution in [-0.4, -0.2) is 29.4 Å². The maximum Gasteiger partial charge on any atom is 0.251 e. The number of amides is 3. The quantitative estimate of drug-likeness (QED) is 0.756. The number of carbonyl (C=O) groups is 3. The molecule has 1 aromatic heterocycles. The summed E-state index contributed by atoms with van der Waals surface area (Å²) in [7, 11) is 0. The van der Waals surface area contributed by atoms with Crippen molar-refractivity contribution in [3.63, 3.8) is 0 Å². The van der Waals surface area contributed by atoms with E-state index in [1.54, 1.807) is 0 Å². The molecule has 2 aliphatic heterocycles. The first kappa shape index (κ1) is 17.9. The molecule has 1 aromatic rings. The molecular weight excluding hydrogens is 342 g/mol. The summed E-state index contributed by atoms with van der Waals surface area (Å²) in [6, 6.07) is -0.576. The highest BCUT2D eigenvalue weighted by atomic mass is 32.1. The molecule has 8 heteroatoms. The van der Waals surface area contributed by atoms with Crippen LogP contribution in [0.25, 0.3) is 0 Å². The van der Waals surface area contributed by atoms with Gasteiger partial charge < -0.3 is 21.1 Å². The van der Waals surface area contributed by atoms with Crippen molar-refractivity contribution in [2.24, 2.45) is 5.73 Å². The van der Waals surface area contributed by atoms with Gasteiger partial charge in [0.15, 0.2) is 0 Å². The molecular formula is C17H23N3O4S. The van der Waals surface area contributed by atoms with Crippen LogP contribution in [-0.2, 0) is 26.3 Å². The monoisotopic (exact) mass is 365 g/mol. The van der Waals surface area contributed by atoms with Gasteiger partial charge in [0.2, 0.25) is 11.8 Å². The third-order valence-electron chi connectivity index (χ3n) is 4.48. The second-order valence-electron chi connectivity index (χ2n) is 7.67. The lowest BCUT2D eigenvalue weighted by atomic mass is 9.86. The van der Waals surface area contributed by atoms with Crippen molar-refractivity contribution < 1.29 is 19.1 Å². The molecule has 0 saturated carbocycles. The summed E-state index contributed by atoms with van der Waals surface area (Å²) in [4.78, 5) is 36.7. The van der Waals surface area contributed by atoms with Gasteiger partial charge in [-0.3, -0.25) is 14.4 Å². The fourth-order valence-electron chi connectivity index (χ4n) is 3.68. The van der Waals surface area contributed by atoms with Crippen LogP contribution in [0.15, 0.2) is 0 Å². The number of primary amides is 1. The van der Waals surface area contributed by atoms with Crippen molar-refractivity contribution in [2.45, 2.75) is 64.2 Å². The molecule has 0 aliphatic carbocycles. The fraction of sp³-hybridized carbons (Fsp3) is 0.588. The predicted octanol–water partition coefficient (Wildman–Crippen LogP) is 1.65. The van der Waals surface area contributed by atoms with Gasteiger partial charge in [0, 0.05) is 17.7 Å². The van der Waals surface area contributed by atoms with Gasteiger partial charge in [-0.25, -0.2) is 0 Å². The zero-order valence-electron chi connectivity index (χ0n) is 14.8. The molecule has 0 aromatic carbocycles. The van der Waals surface area contributed by atoms with E-state index in [-0.39, 0.29) is 11.8 Å². The second kappa shape index (κ2) is 5.81. The Morgan fingerprint density at radius 1 is 1.32 bits per heavy atom. The number of hydrogen-bond acceptors (Lipinski definition) is 5. The van der Waals surface area contributed by atoms with Crippen LogP contribution in [0.4, 0.5) is 5.00 Å². The molecule has 0 bridgehead atoms. The van der Waals surface area contributed by atoms with E-state index in [1.807, 2.05) is 27.7 Å². The molecule has 1 atom stereocenters. The molecule has 3 amide bonds. The van der Waals surface area contributed by atoms with E-state index in [2.05, 4.69) is 10.6 Å². The number of anilines is 1. The van der Waals surface area contributed by atoms with Gasteiger partial charge in [0.05, 0.1) is 16.8 Å². The molecule has 1 unspecified atom stereocenters. The maximum absolute atomic E-state index is 12.4. The average Bonchev–Trinajstić information content (AvgIpc) is 3.01. The summed E-state index contributed by atoms with van der Waals surface area (Å²) in [5, 5.41) is 5.84. The van der Waals surface area contributed by atoms with E-state index in [0.717, 1.165) is 10.4 Å². The highest BCUT2D eigenvalue weighted by molar-refractivity contribution is 7.17. The smallest absolute Gasteiger partial charge is 0.251 e. The maximum atomic E-state index is 12.4. The first-order valence-corrected chi connectivity index (χ1v) is 9.08. The molecule has 0 spiro atoms. The van der Waals surface area contributed by atoms with Gasteiger partial charge in [-0.1, -0.05) is 0 Å². The van der Waals surface area contributed by atoms with Crippen molar-refractivity contribution in [2.75, 3.05) is 5.32 Å². The average molecular weight is 365 g/mol. The molecule has 3 rings (SSSR count). The highest BCUT2D eigenvalue weighted by Gasteiger charge is 2.43. The Bertz CT molecular complexity index is 766. The summed E-state index contributed by atoms with van der Waals surface area (Å²) >= 11 is 1.32. The lowest BCUT2D eigenvalue weighted by Crippen LogP contribution is -2.42. The predicted molar refractivity (Wildman–Crippen MR) is 94.5 cm³/mol. The normalized spacial score (nSPS) is 23.7. The van der Waals surface area contributed by atoms with Crippen LogP contribution in [0.2, 0.25) is 0 Å². The summed E-state index contributed by atoms with van der Waals surface area (Å²) < 4.78 is 6.14. The number of fused-ring (bicyclic) bond motifs is 1. The standard InChI is InChI=1S/C17H23N3O4S/c1-16(2)7-8-11(13(18)22)15(25-12(8)17(3,4)24-16)20-14(23)9-5-6-10(21)19-9/h9H,5-7H2,1-4H3,(H2,18,22)(H,19,21)(H,20,23). The minimum absolute atomic E-state index is 0.142. The number of rotatable bonds is 3.